The summed E-state index contributed by atoms with van der Waals surface area (Å²) in [5, 5.41) is 8.39. The summed E-state index contributed by atoms with van der Waals surface area (Å²) in [4.78, 5) is 14.4. The number of amides is 1. The van der Waals surface area contributed by atoms with Crippen molar-refractivity contribution in [2.45, 2.75) is 37.5 Å². The van der Waals surface area contributed by atoms with Crippen LogP contribution in [0, 0.1) is 0 Å². The SMILES string of the molecule is O=C(/C=C/c1ccc2c(c1)OCO2)N1CCC(c2nnc(C3CC3)o2)CC1. The number of hydrogen-bond donors (Lipinski definition) is 0. The van der Waals surface area contributed by atoms with Crippen LogP contribution in [-0.2, 0) is 4.79 Å². The van der Waals surface area contributed by atoms with Gasteiger partial charge in [-0.3, -0.25) is 4.79 Å². The molecule has 0 N–H and O–H groups in total. The van der Waals surface area contributed by atoms with E-state index in [1.54, 1.807) is 6.08 Å². The molecule has 2 fully saturated rings. The van der Waals surface area contributed by atoms with Gasteiger partial charge in [0.15, 0.2) is 11.5 Å². The van der Waals surface area contributed by atoms with Gasteiger partial charge in [-0.2, -0.15) is 0 Å². The summed E-state index contributed by atoms with van der Waals surface area (Å²) in [6, 6.07) is 5.65. The highest BCUT2D eigenvalue weighted by Gasteiger charge is 2.32. The topological polar surface area (TPSA) is 77.7 Å². The van der Waals surface area contributed by atoms with Crippen LogP contribution in [0.5, 0.6) is 11.5 Å². The van der Waals surface area contributed by atoms with Gasteiger partial charge in [0, 0.05) is 31.0 Å². The second kappa shape index (κ2) is 6.72. The van der Waals surface area contributed by atoms with Crippen LogP contribution in [0.3, 0.4) is 0 Å². The Bertz CT molecular complexity index is 879. The summed E-state index contributed by atoms with van der Waals surface area (Å²) in [7, 11) is 0. The van der Waals surface area contributed by atoms with Crippen molar-refractivity contribution >= 4 is 12.0 Å². The Balaban J connectivity index is 1.17. The quantitative estimate of drug-likeness (QED) is 0.773. The van der Waals surface area contributed by atoms with Crippen LogP contribution in [0.2, 0.25) is 0 Å². The van der Waals surface area contributed by atoms with Gasteiger partial charge in [-0.15, -0.1) is 10.2 Å². The average Bonchev–Trinajstić information content (AvgIpc) is 3.25. The lowest BCUT2D eigenvalue weighted by Gasteiger charge is -2.29. The molecule has 0 bridgehead atoms. The van der Waals surface area contributed by atoms with Crippen molar-refractivity contribution in [2.75, 3.05) is 19.9 Å². The maximum Gasteiger partial charge on any atom is 0.246 e. The second-order valence-electron chi connectivity index (χ2n) is 7.30. The van der Waals surface area contributed by atoms with E-state index in [1.807, 2.05) is 29.2 Å². The lowest BCUT2D eigenvalue weighted by Crippen LogP contribution is -2.36. The van der Waals surface area contributed by atoms with Gasteiger partial charge in [0.05, 0.1) is 0 Å². The highest BCUT2D eigenvalue weighted by molar-refractivity contribution is 5.92. The summed E-state index contributed by atoms with van der Waals surface area (Å²) < 4.78 is 16.5. The summed E-state index contributed by atoms with van der Waals surface area (Å²) in [6.45, 7) is 1.66. The van der Waals surface area contributed by atoms with Gasteiger partial charge in [0.1, 0.15) is 0 Å². The number of aromatic nitrogens is 2. The Morgan fingerprint density at radius 2 is 1.70 bits per heavy atom. The summed E-state index contributed by atoms with van der Waals surface area (Å²) in [5.74, 6) is 3.74. The van der Waals surface area contributed by atoms with Crippen molar-refractivity contribution in [3.05, 3.63) is 41.6 Å². The molecule has 1 amide bonds. The van der Waals surface area contributed by atoms with E-state index in [-0.39, 0.29) is 18.6 Å². The Morgan fingerprint density at radius 1 is 1.00 bits per heavy atom. The zero-order valence-corrected chi connectivity index (χ0v) is 15.0. The summed E-state index contributed by atoms with van der Waals surface area (Å²) in [6.07, 6.45) is 7.46. The number of benzene rings is 1. The molecule has 0 atom stereocenters. The fraction of sp³-hybridized carbons (Fsp3) is 0.450. The van der Waals surface area contributed by atoms with Crippen LogP contribution in [-0.4, -0.2) is 40.9 Å². The minimum atomic E-state index is 0.0234. The van der Waals surface area contributed by atoms with Crippen LogP contribution in [0.25, 0.3) is 6.08 Å². The van der Waals surface area contributed by atoms with Crippen molar-refractivity contribution in [3.8, 4) is 11.5 Å². The van der Waals surface area contributed by atoms with Crippen LogP contribution in [0.4, 0.5) is 0 Å². The molecule has 1 aliphatic carbocycles. The zero-order chi connectivity index (χ0) is 18.2. The van der Waals surface area contributed by atoms with Gasteiger partial charge < -0.3 is 18.8 Å². The molecule has 0 unspecified atom stereocenters. The third-order valence-corrected chi connectivity index (χ3v) is 5.35. The lowest BCUT2D eigenvalue weighted by atomic mass is 9.97. The molecule has 1 aromatic carbocycles. The van der Waals surface area contributed by atoms with E-state index in [9.17, 15) is 4.79 Å². The molecule has 1 saturated carbocycles. The number of carbonyl (C=O) groups excluding carboxylic acids is 1. The highest BCUT2D eigenvalue weighted by atomic mass is 16.7. The van der Waals surface area contributed by atoms with Crippen LogP contribution < -0.4 is 9.47 Å². The van der Waals surface area contributed by atoms with Crippen molar-refractivity contribution in [2.24, 2.45) is 0 Å². The Kier molecular flexibility index (Phi) is 4.07. The van der Waals surface area contributed by atoms with E-state index >= 15 is 0 Å². The number of carbonyl (C=O) groups is 1. The first-order valence-corrected chi connectivity index (χ1v) is 9.46. The molecule has 3 heterocycles. The third kappa shape index (κ3) is 3.41. The van der Waals surface area contributed by atoms with E-state index in [1.165, 1.54) is 0 Å². The molecule has 0 spiro atoms. The molecular formula is C20H21N3O4. The van der Waals surface area contributed by atoms with Gasteiger partial charge in [0.2, 0.25) is 24.5 Å². The third-order valence-electron chi connectivity index (χ3n) is 5.35. The number of piperidine rings is 1. The number of likely N-dealkylation sites (tertiary alicyclic amines) is 1. The molecule has 0 radical (unpaired) electrons. The van der Waals surface area contributed by atoms with E-state index in [0.29, 0.717) is 19.0 Å². The summed E-state index contributed by atoms with van der Waals surface area (Å²) in [5.41, 5.74) is 0.918. The molecule has 140 valence electrons. The molecule has 2 aromatic rings. The number of hydrogen-bond acceptors (Lipinski definition) is 6. The second-order valence-corrected chi connectivity index (χ2v) is 7.30. The lowest BCUT2D eigenvalue weighted by molar-refractivity contribution is -0.127. The van der Waals surface area contributed by atoms with Gasteiger partial charge in [0.25, 0.3) is 0 Å². The fourth-order valence-electron chi connectivity index (χ4n) is 3.54. The van der Waals surface area contributed by atoms with Gasteiger partial charge in [-0.05, 0) is 49.5 Å². The predicted molar refractivity (Wildman–Crippen MR) is 96.4 cm³/mol. The monoisotopic (exact) mass is 367 g/mol. The minimum absolute atomic E-state index is 0.0234. The number of rotatable bonds is 4. The molecule has 7 nitrogen and oxygen atoms in total. The standard InChI is InChI=1S/C20H21N3O4/c24-18(6-2-13-1-5-16-17(11-13)26-12-25-16)23-9-7-15(8-10-23)20-22-21-19(27-20)14-3-4-14/h1-2,5-6,11,14-15H,3-4,7-10,12H2/b6-2+. The maximum absolute atomic E-state index is 12.5. The minimum Gasteiger partial charge on any atom is -0.454 e. The normalized spacial score (nSPS) is 19.8. The zero-order valence-electron chi connectivity index (χ0n) is 15.0. The number of nitrogens with zero attached hydrogens (tertiary/aromatic N) is 3. The molecule has 3 aliphatic rings. The largest absolute Gasteiger partial charge is 0.454 e. The fourth-order valence-corrected chi connectivity index (χ4v) is 3.54. The Hall–Kier alpha value is -2.83. The van der Waals surface area contributed by atoms with E-state index < -0.39 is 0 Å². The maximum atomic E-state index is 12.5. The molecule has 2 aliphatic heterocycles. The Morgan fingerprint density at radius 3 is 2.44 bits per heavy atom. The van der Waals surface area contributed by atoms with Crippen molar-refractivity contribution in [1.29, 1.82) is 0 Å². The molecular weight excluding hydrogens is 346 g/mol. The van der Waals surface area contributed by atoms with Crippen LogP contribution >= 0.6 is 0 Å². The van der Waals surface area contributed by atoms with Crippen molar-refractivity contribution < 1.29 is 18.7 Å². The highest BCUT2D eigenvalue weighted by Crippen LogP contribution is 2.40. The van der Waals surface area contributed by atoms with Crippen molar-refractivity contribution in [3.63, 3.8) is 0 Å². The molecule has 1 saturated heterocycles. The number of ether oxygens (including phenoxy) is 2. The smallest absolute Gasteiger partial charge is 0.246 e. The molecule has 7 heteroatoms. The number of fused-ring (bicyclic) bond motifs is 1. The Labute approximate surface area is 157 Å². The first-order valence-electron chi connectivity index (χ1n) is 9.46. The van der Waals surface area contributed by atoms with Crippen LogP contribution in [0.15, 0.2) is 28.7 Å². The first-order chi connectivity index (χ1) is 13.3. The first kappa shape index (κ1) is 16.4. The van der Waals surface area contributed by atoms with E-state index in [2.05, 4.69) is 10.2 Å². The molecule has 5 rings (SSSR count). The average molecular weight is 367 g/mol. The van der Waals surface area contributed by atoms with Crippen molar-refractivity contribution in [1.82, 2.24) is 15.1 Å². The van der Waals surface area contributed by atoms with E-state index in [0.717, 1.165) is 54.5 Å². The van der Waals surface area contributed by atoms with Gasteiger partial charge in [-0.25, -0.2) is 0 Å². The predicted octanol–water partition coefficient (Wildman–Crippen LogP) is 3.10. The molecule has 27 heavy (non-hydrogen) atoms. The van der Waals surface area contributed by atoms with Crippen LogP contribution in [0.1, 0.15) is 54.9 Å². The van der Waals surface area contributed by atoms with Gasteiger partial charge >= 0.3 is 0 Å². The molecule has 1 aromatic heterocycles. The van der Waals surface area contributed by atoms with Gasteiger partial charge in [-0.1, -0.05) is 6.07 Å². The van der Waals surface area contributed by atoms with E-state index in [4.69, 9.17) is 13.9 Å². The summed E-state index contributed by atoms with van der Waals surface area (Å²) >= 11 is 0.